The predicted octanol–water partition coefficient (Wildman–Crippen LogP) is 7.30. The van der Waals surface area contributed by atoms with Gasteiger partial charge in [-0.2, -0.15) is 0 Å². The molecule has 0 fully saturated rings. The van der Waals surface area contributed by atoms with Crippen LogP contribution < -0.4 is 10.1 Å². The lowest BCUT2D eigenvalue weighted by Gasteiger charge is -2.09. The molecule has 5 heteroatoms. The summed E-state index contributed by atoms with van der Waals surface area (Å²) < 4.78 is 11.6. The molecule has 0 aliphatic carbocycles. The Labute approximate surface area is 194 Å². The SMILES string of the molecule is CC[C@H](C)c1ccc2oc(-c3ccc(NC(=O)c4ccc(OCC(C)C)cc4)cc3)nc2c1. The summed E-state index contributed by atoms with van der Waals surface area (Å²) in [6, 6.07) is 20.9. The third-order valence-corrected chi connectivity index (χ3v) is 5.68. The van der Waals surface area contributed by atoms with Crippen LogP contribution in [0.1, 0.15) is 56.0 Å². The van der Waals surface area contributed by atoms with E-state index in [9.17, 15) is 4.79 Å². The van der Waals surface area contributed by atoms with Crippen molar-refractivity contribution in [2.24, 2.45) is 5.92 Å². The summed E-state index contributed by atoms with van der Waals surface area (Å²) in [4.78, 5) is 17.3. The Hall–Kier alpha value is -3.60. The molecule has 33 heavy (non-hydrogen) atoms. The molecular formula is C28H30N2O3. The van der Waals surface area contributed by atoms with E-state index in [2.05, 4.69) is 50.1 Å². The summed E-state index contributed by atoms with van der Waals surface area (Å²) in [7, 11) is 0. The zero-order chi connectivity index (χ0) is 23.4. The number of amides is 1. The van der Waals surface area contributed by atoms with Crippen molar-refractivity contribution < 1.29 is 13.9 Å². The molecule has 1 atom stereocenters. The first-order chi connectivity index (χ1) is 15.9. The number of nitrogens with one attached hydrogen (secondary N) is 1. The van der Waals surface area contributed by atoms with E-state index in [0.29, 0.717) is 35.6 Å². The van der Waals surface area contributed by atoms with Gasteiger partial charge < -0.3 is 14.5 Å². The maximum atomic E-state index is 12.6. The molecule has 1 aromatic heterocycles. The Morgan fingerprint density at radius 2 is 1.73 bits per heavy atom. The highest BCUT2D eigenvalue weighted by Gasteiger charge is 2.12. The standard InChI is InChI=1S/C28H30N2O3/c1-5-19(4)22-10-15-26-25(16-22)30-28(33-26)21-6-11-23(12-7-21)29-27(31)20-8-13-24(14-9-20)32-17-18(2)3/h6-16,18-19H,5,17H2,1-4H3,(H,29,31)/t19-/m0/s1. The number of aromatic nitrogens is 1. The van der Waals surface area contributed by atoms with Crippen molar-refractivity contribution in [2.45, 2.75) is 40.0 Å². The maximum absolute atomic E-state index is 12.6. The lowest BCUT2D eigenvalue weighted by atomic mass is 9.98. The van der Waals surface area contributed by atoms with Gasteiger partial charge in [0.15, 0.2) is 5.58 Å². The van der Waals surface area contributed by atoms with Crippen LogP contribution >= 0.6 is 0 Å². The molecule has 0 bridgehead atoms. The van der Waals surface area contributed by atoms with Crippen molar-refractivity contribution in [3.63, 3.8) is 0 Å². The van der Waals surface area contributed by atoms with Crippen molar-refractivity contribution in [1.82, 2.24) is 4.98 Å². The molecule has 0 aliphatic rings. The maximum Gasteiger partial charge on any atom is 0.255 e. The van der Waals surface area contributed by atoms with Crippen LogP contribution in [0.15, 0.2) is 71.1 Å². The van der Waals surface area contributed by atoms with Gasteiger partial charge in [-0.1, -0.05) is 33.8 Å². The molecule has 0 unspecified atom stereocenters. The van der Waals surface area contributed by atoms with Crippen LogP contribution in [-0.2, 0) is 0 Å². The van der Waals surface area contributed by atoms with E-state index in [1.54, 1.807) is 12.1 Å². The van der Waals surface area contributed by atoms with Gasteiger partial charge in [0.1, 0.15) is 11.3 Å². The summed E-state index contributed by atoms with van der Waals surface area (Å²) >= 11 is 0. The molecule has 1 heterocycles. The van der Waals surface area contributed by atoms with E-state index in [-0.39, 0.29) is 5.91 Å². The molecule has 0 saturated heterocycles. The first kappa shape index (κ1) is 22.6. The average molecular weight is 443 g/mol. The van der Waals surface area contributed by atoms with Crippen LogP contribution in [0.5, 0.6) is 5.75 Å². The van der Waals surface area contributed by atoms with Gasteiger partial charge in [-0.25, -0.2) is 4.98 Å². The molecule has 170 valence electrons. The largest absolute Gasteiger partial charge is 0.493 e. The molecule has 0 radical (unpaired) electrons. The molecule has 1 amide bonds. The van der Waals surface area contributed by atoms with Crippen molar-refractivity contribution in [3.05, 3.63) is 77.9 Å². The third-order valence-electron chi connectivity index (χ3n) is 5.68. The molecule has 0 aliphatic heterocycles. The lowest BCUT2D eigenvalue weighted by molar-refractivity contribution is 0.102. The fraction of sp³-hybridized carbons (Fsp3) is 0.286. The second-order valence-corrected chi connectivity index (χ2v) is 8.82. The predicted molar refractivity (Wildman–Crippen MR) is 133 cm³/mol. The lowest BCUT2D eigenvalue weighted by Crippen LogP contribution is -2.11. The molecule has 0 spiro atoms. The Morgan fingerprint density at radius 3 is 2.39 bits per heavy atom. The number of hydrogen-bond acceptors (Lipinski definition) is 4. The summed E-state index contributed by atoms with van der Waals surface area (Å²) in [5.74, 6) is 2.10. The fourth-order valence-electron chi connectivity index (χ4n) is 3.47. The van der Waals surface area contributed by atoms with Crippen LogP contribution in [0.3, 0.4) is 0 Å². The normalized spacial score (nSPS) is 12.2. The summed E-state index contributed by atoms with van der Waals surface area (Å²) in [5, 5.41) is 2.93. The second-order valence-electron chi connectivity index (χ2n) is 8.82. The Kier molecular flexibility index (Phi) is 6.78. The van der Waals surface area contributed by atoms with E-state index in [1.165, 1.54) is 5.56 Å². The van der Waals surface area contributed by atoms with E-state index in [1.807, 2.05) is 42.5 Å². The smallest absolute Gasteiger partial charge is 0.255 e. The number of benzene rings is 3. The highest BCUT2D eigenvalue weighted by Crippen LogP contribution is 2.28. The van der Waals surface area contributed by atoms with E-state index in [4.69, 9.17) is 9.15 Å². The number of carbonyl (C=O) groups is 1. The Balaban J connectivity index is 1.43. The molecule has 3 aromatic carbocycles. The van der Waals surface area contributed by atoms with Crippen molar-refractivity contribution in [2.75, 3.05) is 11.9 Å². The second kappa shape index (κ2) is 9.90. The third kappa shape index (κ3) is 5.43. The summed E-state index contributed by atoms with van der Waals surface area (Å²) in [5.41, 5.74) is 5.05. The highest BCUT2D eigenvalue weighted by atomic mass is 16.5. The minimum Gasteiger partial charge on any atom is -0.493 e. The molecule has 5 nitrogen and oxygen atoms in total. The van der Waals surface area contributed by atoms with Gasteiger partial charge in [-0.3, -0.25) is 4.79 Å². The zero-order valence-electron chi connectivity index (χ0n) is 19.6. The number of nitrogens with zero attached hydrogens (tertiary/aromatic N) is 1. The van der Waals surface area contributed by atoms with Gasteiger partial charge in [-0.05, 0) is 84.5 Å². The Bertz CT molecular complexity index is 1220. The molecule has 4 rings (SSSR count). The highest BCUT2D eigenvalue weighted by molar-refractivity contribution is 6.04. The molecule has 0 saturated carbocycles. The average Bonchev–Trinajstić information content (AvgIpc) is 3.26. The van der Waals surface area contributed by atoms with Gasteiger partial charge in [0, 0.05) is 16.8 Å². The topological polar surface area (TPSA) is 64.4 Å². The van der Waals surface area contributed by atoms with Crippen LogP contribution in [0, 0.1) is 5.92 Å². The van der Waals surface area contributed by atoms with Crippen molar-refractivity contribution in [1.29, 1.82) is 0 Å². The quantitative estimate of drug-likeness (QED) is 0.311. The van der Waals surface area contributed by atoms with E-state index < -0.39 is 0 Å². The van der Waals surface area contributed by atoms with Gasteiger partial charge in [-0.15, -0.1) is 0 Å². The fourth-order valence-corrected chi connectivity index (χ4v) is 3.47. The van der Waals surface area contributed by atoms with Gasteiger partial charge in [0.05, 0.1) is 6.61 Å². The van der Waals surface area contributed by atoms with Crippen molar-refractivity contribution >= 4 is 22.7 Å². The summed E-state index contributed by atoms with van der Waals surface area (Å²) in [6.45, 7) is 9.24. The minimum absolute atomic E-state index is 0.169. The molecule has 1 N–H and O–H groups in total. The number of fused-ring (bicyclic) bond motifs is 1. The van der Waals surface area contributed by atoms with E-state index >= 15 is 0 Å². The first-order valence-corrected chi connectivity index (χ1v) is 11.5. The van der Waals surface area contributed by atoms with Gasteiger partial charge >= 0.3 is 0 Å². The van der Waals surface area contributed by atoms with Crippen LogP contribution in [0.2, 0.25) is 0 Å². The number of hydrogen-bond donors (Lipinski definition) is 1. The number of anilines is 1. The van der Waals surface area contributed by atoms with Crippen LogP contribution in [0.25, 0.3) is 22.6 Å². The van der Waals surface area contributed by atoms with Crippen LogP contribution in [0.4, 0.5) is 5.69 Å². The van der Waals surface area contributed by atoms with Gasteiger partial charge in [0.2, 0.25) is 5.89 Å². The molecular weight excluding hydrogens is 412 g/mol. The van der Waals surface area contributed by atoms with Crippen LogP contribution in [-0.4, -0.2) is 17.5 Å². The number of oxazole rings is 1. The number of rotatable bonds is 8. The summed E-state index contributed by atoms with van der Waals surface area (Å²) in [6.07, 6.45) is 1.08. The van der Waals surface area contributed by atoms with E-state index in [0.717, 1.165) is 28.8 Å². The Morgan fingerprint density at radius 1 is 1.00 bits per heavy atom. The number of carbonyl (C=O) groups excluding carboxylic acids is 1. The van der Waals surface area contributed by atoms with Crippen molar-refractivity contribution in [3.8, 4) is 17.2 Å². The molecule has 4 aromatic rings. The number of ether oxygens (including phenoxy) is 1. The zero-order valence-corrected chi connectivity index (χ0v) is 19.6. The van der Waals surface area contributed by atoms with Gasteiger partial charge in [0.25, 0.3) is 5.91 Å². The monoisotopic (exact) mass is 442 g/mol. The minimum atomic E-state index is -0.169. The first-order valence-electron chi connectivity index (χ1n) is 11.5.